The van der Waals surface area contributed by atoms with E-state index >= 15 is 0 Å². The van der Waals surface area contributed by atoms with Crippen LogP contribution in [0, 0.1) is 6.92 Å². The smallest absolute Gasteiger partial charge is 0.336 e. The molecule has 0 unspecified atom stereocenters. The lowest BCUT2D eigenvalue weighted by Crippen LogP contribution is -2.07. The molecule has 0 aliphatic heterocycles. The molecule has 2 rings (SSSR count). The summed E-state index contributed by atoms with van der Waals surface area (Å²) in [5.41, 5.74) is 2.14. The highest BCUT2D eigenvalue weighted by Gasteiger charge is 2.08. The minimum absolute atomic E-state index is 0.236. The Morgan fingerprint density at radius 1 is 1.35 bits per heavy atom. The second-order valence-electron chi connectivity index (χ2n) is 4.39. The average molecular weight is 292 g/mol. The fourth-order valence-corrected chi connectivity index (χ4v) is 2.71. The van der Waals surface area contributed by atoms with Crippen molar-refractivity contribution >= 4 is 28.7 Å². The number of carbonyl (C=O) groups is 1. The molecule has 0 amide bonds. The molecule has 0 saturated heterocycles. The van der Waals surface area contributed by atoms with E-state index in [1.54, 1.807) is 6.92 Å². The summed E-state index contributed by atoms with van der Waals surface area (Å²) in [6, 6.07) is 7.24. The zero-order chi connectivity index (χ0) is 14.5. The minimum Gasteiger partial charge on any atom is -0.465 e. The molecule has 1 heterocycles. The van der Waals surface area contributed by atoms with Gasteiger partial charge in [0.25, 0.3) is 0 Å². The summed E-state index contributed by atoms with van der Waals surface area (Å²) in [5.74, 6) is 0.617. The van der Waals surface area contributed by atoms with Crippen LogP contribution in [0.1, 0.15) is 18.1 Å². The molecule has 0 bridgehead atoms. The fraction of sp³-hybridized carbons (Fsp3) is 0.333. The molecule has 0 aliphatic carbocycles. The maximum absolute atomic E-state index is 11.5. The van der Waals surface area contributed by atoms with Crippen molar-refractivity contribution < 1.29 is 13.9 Å². The van der Waals surface area contributed by atoms with Gasteiger partial charge < -0.3 is 9.15 Å². The predicted molar refractivity (Wildman–Crippen MR) is 80.0 cm³/mol. The zero-order valence-electron chi connectivity index (χ0n) is 11.5. The van der Waals surface area contributed by atoms with Crippen LogP contribution in [-0.4, -0.2) is 18.3 Å². The summed E-state index contributed by atoms with van der Waals surface area (Å²) in [6.07, 6.45) is 0. The predicted octanol–water partition coefficient (Wildman–Crippen LogP) is 2.90. The number of fused-ring (bicyclic) bond motifs is 1. The van der Waals surface area contributed by atoms with Gasteiger partial charge in [0.05, 0.1) is 12.4 Å². The van der Waals surface area contributed by atoms with Gasteiger partial charge in [-0.05, 0) is 31.0 Å². The quantitative estimate of drug-likeness (QED) is 0.626. The number of esters is 1. The molecular formula is C15H16O4S. The highest BCUT2D eigenvalue weighted by molar-refractivity contribution is 7.99. The van der Waals surface area contributed by atoms with Crippen LogP contribution in [0.5, 0.6) is 0 Å². The molecule has 0 aliphatic rings. The van der Waals surface area contributed by atoms with E-state index < -0.39 is 0 Å². The van der Waals surface area contributed by atoms with Crippen LogP contribution in [0.2, 0.25) is 0 Å². The van der Waals surface area contributed by atoms with Gasteiger partial charge in [0.1, 0.15) is 5.58 Å². The first-order valence-electron chi connectivity index (χ1n) is 6.37. The topological polar surface area (TPSA) is 56.5 Å². The monoisotopic (exact) mass is 292 g/mol. The van der Waals surface area contributed by atoms with E-state index in [9.17, 15) is 9.59 Å². The first-order chi connectivity index (χ1) is 9.60. The number of aryl methyl sites for hydroxylation is 1. The molecular weight excluding hydrogens is 276 g/mol. The van der Waals surface area contributed by atoms with Crippen LogP contribution in [0.4, 0.5) is 0 Å². The summed E-state index contributed by atoms with van der Waals surface area (Å²) < 4.78 is 10.1. The minimum atomic E-state index is -0.366. The Hall–Kier alpha value is -1.75. The van der Waals surface area contributed by atoms with E-state index in [2.05, 4.69) is 0 Å². The zero-order valence-corrected chi connectivity index (χ0v) is 12.3. The molecule has 1 aromatic heterocycles. The summed E-state index contributed by atoms with van der Waals surface area (Å²) >= 11 is 1.43. The molecule has 2 aromatic rings. The number of benzene rings is 1. The highest BCUT2D eigenvalue weighted by atomic mass is 32.2. The first kappa shape index (κ1) is 14.7. The van der Waals surface area contributed by atoms with Gasteiger partial charge in [-0.2, -0.15) is 0 Å². The molecule has 106 valence electrons. The van der Waals surface area contributed by atoms with Gasteiger partial charge in [-0.3, -0.25) is 4.79 Å². The van der Waals surface area contributed by atoms with E-state index in [4.69, 9.17) is 9.15 Å². The number of ether oxygens (including phenoxy) is 1. The van der Waals surface area contributed by atoms with Crippen molar-refractivity contribution in [3.63, 3.8) is 0 Å². The van der Waals surface area contributed by atoms with E-state index in [0.29, 0.717) is 17.9 Å². The van der Waals surface area contributed by atoms with Gasteiger partial charge in [0, 0.05) is 17.2 Å². The van der Waals surface area contributed by atoms with Crippen molar-refractivity contribution in [2.75, 3.05) is 12.4 Å². The van der Waals surface area contributed by atoms with Crippen molar-refractivity contribution in [2.24, 2.45) is 0 Å². The second-order valence-corrected chi connectivity index (χ2v) is 5.37. The Labute approximate surface area is 121 Å². The second kappa shape index (κ2) is 6.61. The number of thioether (sulfide) groups is 1. The van der Waals surface area contributed by atoms with Crippen LogP contribution in [-0.2, 0) is 15.3 Å². The number of hydrogen-bond donors (Lipinski definition) is 0. The third-order valence-corrected chi connectivity index (χ3v) is 3.72. The molecule has 4 nitrogen and oxygen atoms in total. The summed E-state index contributed by atoms with van der Waals surface area (Å²) in [5, 5.41) is 0.909. The lowest BCUT2D eigenvalue weighted by Gasteiger charge is -2.06. The van der Waals surface area contributed by atoms with Crippen LogP contribution in [0.15, 0.2) is 33.5 Å². The Balaban J connectivity index is 2.17. The van der Waals surface area contributed by atoms with E-state index in [-0.39, 0.29) is 17.3 Å². The van der Waals surface area contributed by atoms with E-state index in [0.717, 1.165) is 16.5 Å². The van der Waals surface area contributed by atoms with Crippen molar-refractivity contribution in [1.29, 1.82) is 0 Å². The van der Waals surface area contributed by atoms with Crippen molar-refractivity contribution in [2.45, 2.75) is 19.6 Å². The SMILES string of the molecule is CCOC(=O)CSCc1cc(=O)oc2cc(C)ccc12. The number of rotatable bonds is 5. The van der Waals surface area contributed by atoms with Gasteiger partial charge in [-0.25, -0.2) is 4.79 Å². The van der Waals surface area contributed by atoms with E-state index in [1.165, 1.54) is 17.8 Å². The molecule has 5 heteroatoms. The Morgan fingerprint density at radius 2 is 2.15 bits per heavy atom. The average Bonchev–Trinajstić information content (AvgIpc) is 2.38. The molecule has 20 heavy (non-hydrogen) atoms. The van der Waals surface area contributed by atoms with Gasteiger partial charge >= 0.3 is 11.6 Å². The largest absolute Gasteiger partial charge is 0.465 e. The molecule has 0 atom stereocenters. The number of carbonyl (C=O) groups excluding carboxylic acids is 1. The van der Waals surface area contributed by atoms with Crippen LogP contribution < -0.4 is 5.63 Å². The fourth-order valence-electron chi connectivity index (χ4n) is 1.90. The molecule has 0 radical (unpaired) electrons. The van der Waals surface area contributed by atoms with Crippen LogP contribution >= 0.6 is 11.8 Å². The Morgan fingerprint density at radius 3 is 2.90 bits per heavy atom. The van der Waals surface area contributed by atoms with Crippen molar-refractivity contribution in [1.82, 2.24) is 0 Å². The van der Waals surface area contributed by atoms with Crippen molar-refractivity contribution in [3.05, 3.63) is 45.8 Å². The van der Waals surface area contributed by atoms with Gasteiger partial charge in [-0.15, -0.1) is 11.8 Å². The lowest BCUT2D eigenvalue weighted by molar-refractivity contribution is -0.139. The van der Waals surface area contributed by atoms with Gasteiger partial charge in [-0.1, -0.05) is 12.1 Å². The summed E-state index contributed by atoms with van der Waals surface area (Å²) in [4.78, 5) is 22.8. The first-order valence-corrected chi connectivity index (χ1v) is 7.52. The molecule has 0 fully saturated rings. The molecule has 0 saturated carbocycles. The molecule has 0 N–H and O–H groups in total. The third-order valence-electron chi connectivity index (χ3n) is 2.77. The van der Waals surface area contributed by atoms with Crippen molar-refractivity contribution in [3.8, 4) is 0 Å². The Kier molecular flexibility index (Phi) is 4.84. The summed E-state index contributed by atoms with van der Waals surface area (Å²) in [6.45, 7) is 4.11. The van der Waals surface area contributed by atoms with E-state index in [1.807, 2.05) is 25.1 Å². The van der Waals surface area contributed by atoms with Crippen LogP contribution in [0.25, 0.3) is 11.0 Å². The highest BCUT2D eigenvalue weighted by Crippen LogP contribution is 2.22. The standard InChI is InChI=1S/C15H16O4S/c1-3-18-15(17)9-20-8-11-7-14(16)19-13-6-10(2)4-5-12(11)13/h4-7H,3,8-9H2,1-2H3. The van der Waals surface area contributed by atoms with Gasteiger partial charge in [0.2, 0.25) is 0 Å². The third kappa shape index (κ3) is 3.63. The maximum Gasteiger partial charge on any atom is 0.336 e. The van der Waals surface area contributed by atoms with Crippen LogP contribution in [0.3, 0.4) is 0 Å². The summed E-state index contributed by atoms with van der Waals surface area (Å²) in [7, 11) is 0. The maximum atomic E-state index is 11.5. The number of hydrogen-bond acceptors (Lipinski definition) is 5. The molecule has 1 aromatic carbocycles. The lowest BCUT2D eigenvalue weighted by atomic mass is 10.1. The van der Waals surface area contributed by atoms with Gasteiger partial charge in [0.15, 0.2) is 0 Å². The Bertz CT molecular complexity index is 675. The molecule has 0 spiro atoms. The normalized spacial score (nSPS) is 10.7.